The van der Waals surface area contributed by atoms with Crippen molar-refractivity contribution >= 4 is 46.3 Å². The zero-order valence-corrected chi connectivity index (χ0v) is 19.7. The van der Waals surface area contributed by atoms with Crippen LogP contribution in [0.4, 0.5) is 13.2 Å². The third-order valence-corrected chi connectivity index (χ3v) is 7.97. The molecular weight excluding hydrogens is 498 g/mol. The molecule has 1 N–H and O–H groups in total. The summed E-state index contributed by atoms with van der Waals surface area (Å²) in [7, 11) is 0. The van der Waals surface area contributed by atoms with Crippen LogP contribution in [0.25, 0.3) is 0 Å². The number of halogens is 5. The van der Waals surface area contributed by atoms with Crippen molar-refractivity contribution in [2.45, 2.75) is 63.0 Å². The smallest absolute Gasteiger partial charge is 0.372 e. The van der Waals surface area contributed by atoms with Crippen LogP contribution >= 0.6 is 34.5 Å². The lowest BCUT2D eigenvalue weighted by molar-refractivity contribution is -0.275. The van der Waals surface area contributed by atoms with E-state index in [0.717, 1.165) is 36.1 Å². The van der Waals surface area contributed by atoms with Gasteiger partial charge in [0.15, 0.2) is 0 Å². The number of benzene rings is 1. The number of amidine groups is 1. The van der Waals surface area contributed by atoms with E-state index >= 15 is 0 Å². The van der Waals surface area contributed by atoms with E-state index in [9.17, 15) is 18.0 Å². The lowest BCUT2D eigenvalue weighted by Crippen LogP contribution is -2.43. The van der Waals surface area contributed by atoms with Gasteiger partial charge in [-0.2, -0.15) is 13.2 Å². The predicted octanol–water partition coefficient (Wildman–Crippen LogP) is 6.23. The second kappa shape index (κ2) is 8.36. The molecule has 11 heteroatoms. The van der Waals surface area contributed by atoms with E-state index in [0.29, 0.717) is 18.0 Å². The van der Waals surface area contributed by atoms with Crippen molar-refractivity contribution in [3.63, 3.8) is 0 Å². The molecule has 3 heterocycles. The number of rotatable bonds is 3. The number of nitrogens with one attached hydrogen (secondary N) is 1. The first-order valence-corrected chi connectivity index (χ1v) is 12.2. The van der Waals surface area contributed by atoms with Crippen molar-refractivity contribution in [1.29, 1.82) is 0 Å². The van der Waals surface area contributed by atoms with Gasteiger partial charge in [-0.1, -0.05) is 41.2 Å². The first-order chi connectivity index (χ1) is 15.6. The number of amides is 1. The van der Waals surface area contributed by atoms with Gasteiger partial charge in [0.1, 0.15) is 5.84 Å². The first kappa shape index (κ1) is 22.8. The van der Waals surface area contributed by atoms with Crippen molar-refractivity contribution in [1.82, 2.24) is 10.2 Å². The Morgan fingerprint density at radius 2 is 1.85 bits per heavy atom. The van der Waals surface area contributed by atoms with Crippen molar-refractivity contribution < 1.29 is 22.8 Å². The summed E-state index contributed by atoms with van der Waals surface area (Å²) >= 11 is 13.3. The fourth-order valence-corrected chi connectivity index (χ4v) is 6.25. The topological polar surface area (TPSA) is 53.9 Å². The molecule has 3 aliphatic rings. The number of oxime groups is 1. The van der Waals surface area contributed by atoms with E-state index in [1.165, 1.54) is 29.5 Å². The average Bonchev–Trinajstić information content (AvgIpc) is 3.49. The van der Waals surface area contributed by atoms with Crippen molar-refractivity contribution in [3.05, 3.63) is 55.2 Å². The van der Waals surface area contributed by atoms with Crippen molar-refractivity contribution in [3.8, 4) is 0 Å². The molecule has 0 saturated heterocycles. The summed E-state index contributed by atoms with van der Waals surface area (Å²) < 4.78 is 42.6. The molecule has 33 heavy (non-hydrogen) atoms. The third kappa shape index (κ3) is 4.19. The van der Waals surface area contributed by atoms with E-state index in [1.54, 1.807) is 4.90 Å². The van der Waals surface area contributed by atoms with Gasteiger partial charge >= 0.3 is 6.18 Å². The maximum atomic E-state index is 14.2. The molecule has 1 atom stereocenters. The van der Waals surface area contributed by atoms with Crippen LogP contribution in [0.15, 0.2) is 29.4 Å². The van der Waals surface area contributed by atoms with Crippen molar-refractivity contribution in [2.24, 2.45) is 5.16 Å². The van der Waals surface area contributed by atoms with Crippen LogP contribution in [0.1, 0.15) is 57.8 Å². The van der Waals surface area contributed by atoms with E-state index < -0.39 is 18.2 Å². The number of fused-ring (bicyclic) bond motifs is 1. The van der Waals surface area contributed by atoms with Gasteiger partial charge in [-0.25, -0.2) is 0 Å². The summed E-state index contributed by atoms with van der Waals surface area (Å²) in [5.74, 6) is 0.118. The second-order valence-corrected chi connectivity index (χ2v) is 10.6. The Bertz CT molecular complexity index is 1090. The summed E-state index contributed by atoms with van der Waals surface area (Å²) in [6.07, 6.45) is -0.955. The number of thiophene rings is 1. The highest BCUT2D eigenvalue weighted by Crippen LogP contribution is 2.50. The molecule has 1 saturated carbocycles. The zero-order valence-electron chi connectivity index (χ0n) is 17.3. The number of hydrogen-bond donors (Lipinski definition) is 1. The summed E-state index contributed by atoms with van der Waals surface area (Å²) in [6, 6.07) is 5.83. The van der Waals surface area contributed by atoms with Crippen molar-refractivity contribution in [2.75, 3.05) is 0 Å². The van der Waals surface area contributed by atoms with Gasteiger partial charge in [-0.15, -0.1) is 11.3 Å². The normalized spacial score (nSPS) is 22.9. The highest BCUT2D eigenvalue weighted by molar-refractivity contribution is 7.14. The summed E-state index contributed by atoms with van der Waals surface area (Å²) in [6.45, 7) is 0.748. The van der Waals surface area contributed by atoms with Gasteiger partial charge in [-0.3, -0.25) is 4.79 Å². The van der Waals surface area contributed by atoms with Crippen LogP contribution in [0, 0.1) is 0 Å². The number of alkyl halides is 3. The van der Waals surface area contributed by atoms with E-state index in [4.69, 9.17) is 28.0 Å². The molecule has 1 aromatic heterocycles. The van der Waals surface area contributed by atoms with Crippen LogP contribution < -0.4 is 5.32 Å². The molecule has 176 valence electrons. The Kier molecular flexibility index (Phi) is 5.77. The van der Waals surface area contributed by atoms with E-state index in [-0.39, 0.29) is 33.4 Å². The number of hydrogen-bond acceptors (Lipinski definition) is 5. The molecule has 1 aromatic carbocycles. The minimum absolute atomic E-state index is 0.0803. The molecule has 1 amide bonds. The molecule has 1 fully saturated rings. The van der Waals surface area contributed by atoms with Gasteiger partial charge in [0.25, 0.3) is 11.5 Å². The van der Waals surface area contributed by atoms with E-state index in [1.807, 2.05) is 6.07 Å². The number of carbonyl (C=O) groups excluding carboxylic acids is 1. The SMILES string of the molecule is O=C(NC1CCCC1)c1cc2c(s1)CN(C1=NOC(c3cc(Cl)cc(Cl)c3)(C(F)(F)F)C1)C2. The van der Waals surface area contributed by atoms with Crippen LogP contribution in [0.3, 0.4) is 0 Å². The molecule has 5 nitrogen and oxygen atoms in total. The largest absolute Gasteiger partial charge is 0.435 e. The first-order valence-electron chi connectivity index (χ1n) is 10.6. The zero-order chi connectivity index (χ0) is 23.4. The quantitative estimate of drug-likeness (QED) is 0.524. The second-order valence-electron chi connectivity index (χ2n) is 8.63. The van der Waals surface area contributed by atoms with Crippen LogP contribution in [-0.2, 0) is 23.5 Å². The maximum Gasteiger partial charge on any atom is 0.435 e. The summed E-state index contributed by atoms with van der Waals surface area (Å²) in [4.78, 5) is 21.0. The van der Waals surface area contributed by atoms with E-state index in [2.05, 4.69) is 10.5 Å². The highest BCUT2D eigenvalue weighted by atomic mass is 35.5. The van der Waals surface area contributed by atoms with Gasteiger partial charge in [-0.05, 0) is 42.7 Å². The van der Waals surface area contributed by atoms with Gasteiger partial charge in [0.2, 0.25) is 0 Å². The Balaban J connectivity index is 1.31. The lowest BCUT2D eigenvalue weighted by Gasteiger charge is -2.30. The maximum absolute atomic E-state index is 14.2. The Labute approximate surface area is 202 Å². The Hall–Kier alpha value is -1.97. The predicted molar refractivity (Wildman–Crippen MR) is 121 cm³/mol. The Morgan fingerprint density at radius 1 is 1.15 bits per heavy atom. The highest BCUT2D eigenvalue weighted by Gasteiger charge is 2.63. The number of carbonyl (C=O) groups is 1. The minimum Gasteiger partial charge on any atom is -0.372 e. The van der Waals surface area contributed by atoms with Crippen LogP contribution in [0.5, 0.6) is 0 Å². The molecule has 5 rings (SSSR count). The standard InChI is InChI=1S/C22H20Cl2F3N3O2S/c23-14-6-13(7-15(24)8-14)21(22(25,26)27)9-19(29-32-21)30-10-12-5-17(33-18(12)11-30)20(31)28-16-3-1-2-4-16/h5-8,16H,1-4,9-11H2,(H,28,31). The Morgan fingerprint density at radius 3 is 2.48 bits per heavy atom. The summed E-state index contributed by atoms with van der Waals surface area (Å²) in [5.41, 5.74) is -1.92. The summed E-state index contributed by atoms with van der Waals surface area (Å²) in [5, 5.41) is 7.07. The van der Waals surface area contributed by atoms with Crippen LogP contribution in [0.2, 0.25) is 10.0 Å². The molecule has 2 aliphatic heterocycles. The fraction of sp³-hybridized carbons (Fsp3) is 0.455. The van der Waals surface area contributed by atoms with Gasteiger partial charge in [0.05, 0.1) is 17.8 Å². The monoisotopic (exact) mass is 517 g/mol. The lowest BCUT2D eigenvalue weighted by atomic mass is 9.89. The number of nitrogens with zero attached hydrogens (tertiary/aromatic N) is 2. The molecule has 0 radical (unpaired) electrons. The molecule has 0 bridgehead atoms. The molecule has 2 aromatic rings. The fourth-order valence-electron chi connectivity index (χ4n) is 4.63. The molecule has 1 aliphatic carbocycles. The van der Waals surface area contributed by atoms with Gasteiger partial charge in [0, 0.05) is 33.1 Å². The van der Waals surface area contributed by atoms with Gasteiger partial charge < -0.3 is 15.1 Å². The minimum atomic E-state index is -4.73. The molecular formula is C22H20Cl2F3N3O2S. The third-order valence-electron chi connectivity index (χ3n) is 6.37. The molecule has 0 spiro atoms. The molecule has 1 unspecified atom stereocenters. The van der Waals surface area contributed by atoms with Crippen LogP contribution in [-0.4, -0.2) is 28.9 Å². The average molecular weight is 518 g/mol.